The summed E-state index contributed by atoms with van der Waals surface area (Å²) in [5.41, 5.74) is 4.17. The van der Waals surface area contributed by atoms with Crippen LogP contribution in [0.5, 0.6) is 0 Å². The lowest BCUT2D eigenvalue weighted by Crippen LogP contribution is -2.14. The highest BCUT2D eigenvalue weighted by Crippen LogP contribution is 2.30. The number of nitrogens with one attached hydrogen (secondary N) is 1. The van der Waals surface area contributed by atoms with Crippen LogP contribution >= 0.6 is 23.1 Å². The molecule has 1 N–H and O–H groups in total. The van der Waals surface area contributed by atoms with Crippen molar-refractivity contribution < 1.29 is 4.79 Å². The minimum Gasteiger partial charge on any atom is -0.325 e. The Morgan fingerprint density at radius 3 is 2.52 bits per heavy atom. The quantitative estimate of drug-likeness (QED) is 0.591. The summed E-state index contributed by atoms with van der Waals surface area (Å²) in [6.45, 7) is 8.41. The number of thioether (sulfide) groups is 1. The number of rotatable bonds is 6. The Labute approximate surface area is 168 Å². The van der Waals surface area contributed by atoms with Gasteiger partial charge < -0.3 is 9.88 Å². The lowest BCUT2D eigenvalue weighted by atomic mass is 10.1. The molecule has 0 aliphatic heterocycles. The molecule has 0 fully saturated rings. The molecule has 142 valence electrons. The molecule has 5 nitrogen and oxygen atoms in total. The van der Waals surface area contributed by atoms with Gasteiger partial charge in [-0.15, -0.1) is 21.5 Å². The fraction of sp³-hybridized carbons (Fsp3) is 0.350. The van der Waals surface area contributed by atoms with Crippen molar-refractivity contribution in [2.75, 3.05) is 11.1 Å². The van der Waals surface area contributed by atoms with E-state index in [0.717, 1.165) is 33.4 Å². The maximum atomic E-state index is 12.3. The number of hydrogen-bond donors (Lipinski definition) is 1. The van der Waals surface area contributed by atoms with Crippen LogP contribution in [0.15, 0.2) is 34.8 Å². The molecule has 0 radical (unpaired) electrons. The largest absolute Gasteiger partial charge is 0.325 e. The van der Waals surface area contributed by atoms with Crippen molar-refractivity contribution in [3.05, 3.63) is 45.6 Å². The molecule has 0 aliphatic rings. The van der Waals surface area contributed by atoms with Crippen molar-refractivity contribution in [3.63, 3.8) is 0 Å². The Morgan fingerprint density at radius 2 is 1.89 bits per heavy atom. The van der Waals surface area contributed by atoms with Gasteiger partial charge in [-0.25, -0.2) is 0 Å². The first-order valence-electron chi connectivity index (χ1n) is 8.82. The molecule has 2 heterocycles. The van der Waals surface area contributed by atoms with E-state index in [-0.39, 0.29) is 5.91 Å². The van der Waals surface area contributed by atoms with Gasteiger partial charge in [0.1, 0.15) is 0 Å². The third-order valence-electron chi connectivity index (χ3n) is 4.12. The van der Waals surface area contributed by atoms with Crippen LogP contribution in [-0.2, 0) is 11.8 Å². The minimum absolute atomic E-state index is 0.0489. The summed E-state index contributed by atoms with van der Waals surface area (Å²) in [4.78, 5) is 13.6. The summed E-state index contributed by atoms with van der Waals surface area (Å²) in [7, 11) is 1.94. The van der Waals surface area contributed by atoms with Crippen LogP contribution < -0.4 is 5.32 Å². The predicted octanol–water partition coefficient (Wildman–Crippen LogP) is 5.01. The van der Waals surface area contributed by atoms with E-state index in [2.05, 4.69) is 46.9 Å². The number of aromatic nitrogens is 3. The summed E-state index contributed by atoms with van der Waals surface area (Å²) in [5.74, 6) is 1.57. The standard InChI is InChI=1S/C20H24N4OS2/c1-12(2)17-9-15(10-26-17)19-22-23-20(24(19)5)27-11-18(25)21-16-7-13(3)6-14(4)8-16/h6-10,12H,11H2,1-5H3,(H,21,25). The smallest absolute Gasteiger partial charge is 0.234 e. The first-order valence-corrected chi connectivity index (χ1v) is 10.7. The van der Waals surface area contributed by atoms with Crippen LogP contribution in [0.3, 0.4) is 0 Å². The third-order valence-corrected chi connectivity index (χ3v) is 6.37. The van der Waals surface area contributed by atoms with Crippen LogP contribution in [-0.4, -0.2) is 26.4 Å². The van der Waals surface area contributed by atoms with Gasteiger partial charge in [0.05, 0.1) is 5.75 Å². The fourth-order valence-corrected chi connectivity index (χ4v) is 4.45. The predicted molar refractivity (Wildman–Crippen MR) is 114 cm³/mol. The second-order valence-electron chi connectivity index (χ2n) is 6.97. The number of anilines is 1. The van der Waals surface area contributed by atoms with Crippen molar-refractivity contribution in [1.29, 1.82) is 0 Å². The number of benzene rings is 1. The van der Waals surface area contributed by atoms with Gasteiger partial charge in [0.15, 0.2) is 11.0 Å². The molecule has 0 spiro atoms. The Hall–Kier alpha value is -2.12. The molecule has 2 aromatic heterocycles. The first-order chi connectivity index (χ1) is 12.8. The van der Waals surface area contributed by atoms with Crippen molar-refractivity contribution in [3.8, 4) is 11.4 Å². The summed E-state index contributed by atoms with van der Waals surface area (Å²) < 4.78 is 1.95. The van der Waals surface area contributed by atoms with E-state index in [1.54, 1.807) is 11.3 Å². The van der Waals surface area contributed by atoms with Crippen LogP contribution in [0.4, 0.5) is 5.69 Å². The Balaban J connectivity index is 1.64. The molecular weight excluding hydrogens is 376 g/mol. The topological polar surface area (TPSA) is 59.8 Å². The fourth-order valence-electron chi connectivity index (χ4n) is 2.84. The summed E-state index contributed by atoms with van der Waals surface area (Å²) >= 11 is 3.13. The van der Waals surface area contributed by atoms with Crippen molar-refractivity contribution in [2.45, 2.75) is 38.8 Å². The number of carbonyl (C=O) groups is 1. The molecule has 1 aromatic carbocycles. The molecule has 0 bridgehead atoms. The van der Waals surface area contributed by atoms with E-state index in [1.807, 2.05) is 37.6 Å². The van der Waals surface area contributed by atoms with Crippen molar-refractivity contribution >= 4 is 34.7 Å². The molecule has 0 saturated carbocycles. The van der Waals surface area contributed by atoms with Crippen LogP contribution in [0, 0.1) is 13.8 Å². The summed E-state index contributed by atoms with van der Waals surface area (Å²) in [6, 6.07) is 8.19. The number of carbonyl (C=O) groups excluding carboxylic acids is 1. The summed E-state index contributed by atoms with van der Waals surface area (Å²) in [5, 5.41) is 14.4. The maximum absolute atomic E-state index is 12.3. The zero-order valence-electron chi connectivity index (χ0n) is 16.2. The van der Waals surface area contributed by atoms with Crippen molar-refractivity contribution in [2.24, 2.45) is 7.05 Å². The molecule has 27 heavy (non-hydrogen) atoms. The normalized spacial score (nSPS) is 11.2. The van der Waals surface area contributed by atoms with E-state index in [4.69, 9.17) is 0 Å². The van der Waals surface area contributed by atoms with Gasteiger partial charge >= 0.3 is 0 Å². The number of aryl methyl sites for hydroxylation is 2. The molecule has 3 rings (SSSR count). The lowest BCUT2D eigenvalue weighted by Gasteiger charge is -2.07. The molecule has 7 heteroatoms. The molecule has 0 aliphatic carbocycles. The van der Waals surface area contributed by atoms with E-state index in [9.17, 15) is 4.79 Å². The van der Waals surface area contributed by atoms with E-state index < -0.39 is 0 Å². The van der Waals surface area contributed by atoms with Gasteiger partial charge in [0.25, 0.3) is 0 Å². The SMILES string of the molecule is Cc1cc(C)cc(NC(=O)CSc2nnc(-c3csc(C(C)C)c3)n2C)c1. The van der Waals surface area contributed by atoms with E-state index >= 15 is 0 Å². The Morgan fingerprint density at radius 1 is 1.19 bits per heavy atom. The molecule has 0 unspecified atom stereocenters. The van der Waals surface area contributed by atoms with Gasteiger partial charge in [0, 0.05) is 28.6 Å². The minimum atomic E-state index is -0.0489. The maximum Gasteiger partial charge on any atom is 0.234 e. The van der Waals surface area contributed by atoms with Crippen LogP contribution in [0.25, 0.3) is 11.4 Å². The van der Waals surface area contributed by atoms with Gasteiger partial charge in [-0.1, -0.05) is 31.7 Å². The number of amides is 1. The average Bonchev–Trinajstić information content (AvgIpc) is 3.19. The zero-order valence-corrected chi connectivity index (χ0v) is 17.9. The third kappa shape index (κ3) is 4.78. The van der Waals surface area contributed by atoms with Crippen molar-refractivity contribution in [1.82, 2.24) is 14.8 Å². The van der Waals surface area contributed by atoms with Crippen LogP contribution in [0.2, 0.25) is 0 Å². The van der Waals surface area contributed by atoms with Gasteiger partial charge in [-0.05, 0) is 49.1 Å². The molecule has 0 saturated heterocycles. The van der Waals surface area contributed by atoms with Gasteiger partial charge in [0.2, 0.25) is 5.91 Å². The second kappa shape index (κ2) is 8.27. The highest BCUT2D eigenvalue weighted by molar-refractivity contribution is 7.99. The number of nitrogens with zero attached hydrogens (tertiary/aromatic N) is 3. The Kier molecular flexibility index (Phi) is 6.01. The van der Waals surface area contributed by atoms with Gasteiger partial charge in [-0.3, -0.25) is 4.79 Å². The molecule has 3 aromatic rings. The molecular formula is C20H24N4OS2. The second-order valence-corrected chi connectivity index (χ2v) is 8.86. The highest BCUT2D eigenvalue weighted by Gasteiger charge is 2.15. The van der Waals surface area contributed by atoms with E-state index in [1.165, 1.54) is 16.6 Å². The van der Waals surface area contributed by atoms with E-state index in [0.29, 0.717) is 11.7 Å². The molecule has 1 amide bonds. The monoisotopic (exact) mass is 400 g/mol. The van der Waals surface area contributed by atoms with Gasteiger partial charge in [-0.2, -0.15) is 0 Å². The number of thiophene rings is 1. The first kappa shape index (κ1) is 19.6. The number of hydrogen-bond acceptors (Lipinski definition) is 5. The molecule has 0 atom stereocenters. The average molecular weight is 401 g/mol. The Bertz CT molecular complexity index is 939. The lowest BCUT2D eigenvalue weighted by molar-refractivity contribution is -0.113. The highest BCUT2D eigenvalue weighted by atomic mass is 32.2. The van der Waals surface area contributed by atoms with Crippen LogP contribution in [0.1, 0.15) is 35.8 Å². The zero-order chi connectivity index (χ0) is 19.6. The summed E-state index contributed by atoms with van der Waals surface area (Å²) in [6.07, 6.45) is 0.